The largest absolute Gasteiger partial charge is 0.506 e. The van der Waals surface area contributed by atoms with Crippen molar-refractivity contribution in [3.8, 4) is 5.75 Å². The first-order chi connectivity index (χ1) is 13.6. The molecule has 0 aliphatic heterocycles. The third-order valence-corrected chi connectivity index (χ3v) is 4.58. The van der Waals surface area contributed by atoms with Crippen LogP contribution in [0.25, 0.3) is 0 Å². The summed E-state index contributed by atoms with van der Waals surface area (Å²) >= 11 is 3.31. The Morgan fingerprint density at radius 1 is 1.04 bits per heavy atom. The minimum atomic E-state index is -0.145. The Kier molecular flexibility index (Phi) is 9.14. The van der Waals surface area contributed by atoms with E-state index < -0.39 is 0 Å². The molecule has 0 fully saturated rings. The van der Waals surface area contributed by atoms with E-state index in [4.69, 9.17) is 0 Å². The van der Waals surface area contributed by atoms with Crippen molar-refractivity contribution in [2.45, 2.75) is 38.5 Å². The number of unbranched alkanes of at least 4 members (excludes halogenated alkanes) is 3. The first kappa shape index (κ1) is 21.6. The molecule has 8 heteroatoms. The Labute approximate surface area is 172 Å². The molecule has 148 valence electrons. The Bertz CT molecular complexity index is 827. The zero-order valence-corrected chi connectivity index (χ0v) is 17.0. The van der Waals surface area contributed by atoms with Gasteiger partial charge in [-0.3, -0.25) is 9.59 Å². The van der Waals surface area contributed by atoms with E-state index in [2.05, 4.69) is 36.8 Å². The molecule has 0 spiro atoms. The quantitative estimate of drug-likeness (QED) is 0.169. The average molecular weight is 447 g/mol. The topological polar surface area (TPSA) is 104 Å². The molecule has 0 aliphatic rings. The van der Waals surface area contributed by atoms with Gasteiger partial charge in [0.15, 0.2) is 0 Å². The van der Waals surface area contributed by atoms with Crippen LogP contribution < -0.4 is 10.7 Å². The maximum Gasteiger partial charge on any atom is 0.240 e. The molecular formula is C20H23BrN4O3. The number of anilines is 1. The zero-order valence-electron chi connectivity index (χ0n) is 15.4. The number of para-hydroxylation sites is 2. The summed E-state index contributed by atoms with van der Waals surface area (Å²) in [6.45, 7) is 0. The lowest BCUT2D eigenvalue weighted by molar-refractivity contribution is -0.121. The minimum Gasteiger partial charge on any atom is -0.506 e. The molecule has 0 atom stereocenters. The molecule has 28 heavy (non-hydrogen) atoms. The second-order valence-corrected chi connectivity index (χ2v) is 6.91. The van der Waals surface area contributed by atoms with E-state index in [1.54, 1.807) is 30.5 Å². The van der Waals surface area contributed by atoms with Crippen LogP contribution in [0.3, 0.4) is 0 Å². The SMILES string of the molecule is O=C(CCCCCCC(=O)Nc1ccccc1O)N/N=C/c1cccnc1Br. The number of aromatic hydroxyl groups is 1. The number of hydrogen-bond acceptors (Lipinski definition) is 5. The lowest BCUT2D eigenvalue weighted by atomic mass is 10.1. The van der Waals surface area contributed by atoms with Gasteiger partial charge in [0.1, 0.15) is 10.4 Å². The number of phenolic OH excluding ortho intramolecular Hbond substituents is 1. The Hall–Kier alpha value is -2.74. The highest BCUT2D eigenvalue weighted by Crippen LogP contribution is 2.21. The highest BCUT2D eigenvalue weighted by Gasteiger charge is 2.06. The molecular weight excluding hydrogens is 424 g/mol. The van der Waals surface area contributed by atoms with Crippen LogP contribution in [0.5, 0.6) is 5.75 Å². The number of benzene rings is 1. The average Bonchev–Trinajstić information content (AvgIpc) is 2.68. The van der Waals surface area contributed by atoms with Crippen LogP contribution in [0.1, 0.15) is 44.1 Å². The van der Waals surface area contributed by atoms with E-state index in [-0.39, 0.29) is 17.6 Å². The van der Waals surface area contributed by atoms with Crippen LogP contribution in [-0.4, -0.2) is 28.1 Å². The predicted molar refractivity (Wildman–Crippen MR) is 112 cm³/mol. The fourth-order valence-corrected chi connectivity index (χ4v) is 2.79. The fourth-order valence-electron chi connectivity index (χ4n) is 2.44. The van der Waals surface area contributed by atoms with Crippen LogP contribution in [0.4, 0.5) is 5.69 Å². The van der Waals surface area contributed by atoms with Gasteiger partial charge < -0.3 is 10.4 Å². The van der Waals surface area contributed by atoms with Gasteiger partial charge in [-0.05, 0) is 53.0 Å². The van der Waals surface area contributed by atoms with Gasteiger partial charge in [-0.1, -0.05) is 25.0 Å². The number of carbonyl (C=O) groups is 2. The van der Waals surface area contributed by atoms with Crippen molar-refractivity contribution in [2.24, 2.45) is 5.10 Å². The van der Waals surface area contributed by atoms with Crippen molar-refractivity contribution >= 4 is 39.6 Å². The Morgan fingerprint density at radius 2 is 1.75 bits per heavy atom. The number of hydrogen-bond donors (Lipinski definition) is 3. The summed E-state index contributed by atoms with van der Waals surface area (Å²) in [5, 5.41) is 16.2. The molecule has 0 bridgehead atoms. The standard InChI is InChI=1S/C20H23BrN4O3/c21-20-15(8-7-13-22-20)14-23-25-19(28)12-4-2-1-3-11-18(27)24-16-9-5-6-10-17(16)26/h5-10,13-14,26H,1-4,11-12H2,(H,24,27)(H,25,28)/b23-14+. The van der Waals surface area contributed by atoms with E-state index in [0.717, 1.165) is 31.2 Å². The summed E-state index contributed by atoms with van der Waals surface area (Å²) in [5.74, 6) is -0.218. The van der Waals surface area contributed by atoms with E-state index in [0.29, 0.717) is 23.1 Å². The molecule has 0 saturated carbocycles. The molecule has 0 unspecified atom stereocenters. The molecule has 0 aliphatic carbocycles. The van der Waals surface area contributed by atoms with Gasteiger partial charge in [0.05, 0.1) is 11.9 Å². The first-order valence-electron chi connectivity index (χ1n) is 9.06. The number of rotatable bonds is 10. The molecule has 1 heterocycles. The van der Waals surface area contributed by atoms with E-state index in [9.17, 15) is 14.7 Å². The molecule has 0 saturated heterocycles. The van der Waals surface area contributed by atoms with Gasteiger partial charge in [0.25, 0.3) is 0 Å². The van der Waals surface area contributed by atoms with Crippen LogP contribution in [0.2, 0.25) is 0 Å². The van der Waals surface area contributed by atoms with Crippen molar-refractivity contribution < 1.29 is 14.7 Å². The van der Waals surface area contributed by atoms with E-state index in [1.165, 1.54) is 12.3 Å². The normalized spacial score (nSPS) is 10.8. The van der Waals surface area contributed by atoms with Crippen molar-refractivity contribution in [1.82, 2.24) is 10.4 Å². The second kappa shape index (κ2) is 11.9. The van der Waals surface area contributed by atoms with E-state index >= 15 is 0 Å². The van der Waals surface area contributed by atoms with Gasteiger partial charge in [-0.15, -0.1) is 0 Å². The molecule has 2 rings (SSSR count). The van der Waals surface area contributed by atoms with Gasteiger partial charge in [0, 0.05) is 24.6 Å². The van der Waals surface area contributed by atoms with Crippen molar-refractivity contribution in [2.75, 3.05) is 5.32 Å². The molecule has 1 aromatic carbocycles. The molecule has 2 aromatic rings. The number of carbonyl (C=O) groups excluding carboxylic acids is 2. The summed E-state index contributed by atoms with van der Waals surface area (Å²) in [4.78, 5) is 27.7. The Morgan fingerprint density at radius 3 is 2.46 bits per heavy atom. The van der Waals surface area contributed by atoms with Crippen molar-refractivity contribution in [3.63, 3.8) is 0 Å². The first-order valence-corrected chi connectivity index (χ1v) is 9.86. The second-order valence-electron chi connectivity index (χ2n) is 6.16. The number of halogens is 1. The van der Waals surface area contributed by atoms with Gasteiger partial charge in [-0.25, -0.2) is 10.4 Å². The maximum atomic E-state index is 11.9. The number of amides is 2. The molecule has 0 radical (unpaired) electrons. The summed E-state index contributed by atoms with van der Waals surface area (Å²) in [5.41, 5.74) is 3.70. The molecule has 1 aromatic heterocycles. The fraction of sp³-hybridized carbons (Fsp3) is 0.300. The lowest BCUT2D eigenvalue weighted by Gasteiger charge is -2.06. The van der Waals surface area contributed by atoms with Gasteiger partial charge >= 0.3 is 0 Å². The number of pyridine rings is 1. The predicted octanol–water partition coefficient (Wildman–Crippen LogP) is 3.98. The van der Waals surface area contributed by atoms with Gasteiger partial charge in [-0.2, -0.15) is 5.10 Å². The Balaban J connectivity index is 1.54. The number of hydrazone groups is 1. The number of nitrogens with zero attached hydrogens (tertiary/aromatic N) is 2. The lowest BCUT2D eigenvalue weighted by Crippen LogP contribution is -2.17. The molecule has 2 amide bonds. The molecule has 7 nitrogen and oxygen atoms in total. The highest BCUT2D eigenvalue weighted by atomic mass is 79.9. The highest BCUT2D eigenvalue weighted by molar-refractivity contribution is 9.10. The number of nitrogens with one attached hydrogen (secondary N) is 2. The summed E-state index contributed by atoms with van der Waals surface area (Å²) in [6, 6.07) is 10.3. The van der Waals surface area contributed by atoms with Crippen molar-refractivity contribution in [1.29, 1.82) is 0 Å². The van der Waals surface area contributed by atoms with Gasteiger partial charge in [0.2, 0.25) is 11.8 Å². The third-order valence-electron chi connectivity index (χ3n) is 3.92. The zero-order chi connectivity index (χ0) is 20.2. The maximum absolute atomic E-state index is 11.9. The van der Waals surface area contributed by atoms with Crippen molar-refractivity contribution in [3.05, 3.63) is 52.8 Å². The monoisotopic (exact) mass is 446 g/mol. The number of aromatic nitrogens is 1. The molecule has 3 N–H and O–H groups in total. The third kappa shape index (κ3) is 7.87. The van der Waals surface area contributed by atoms with Crippen LogP contribution >= 0.6 is 15.9 Å². The van der Waals surface area contributed by atoms with Crippen LogP contribution in [-0.2, 0) is 9.59 Å². The summed E-state index contributed by atoms with van der Waals surface area (Å²) in [6.07, 6.45) is 7.14. The van der Waals surface area contributed by atoms with E-state index in [1.807, 2.05) is 6.07 Å². The van der Waals surface area contributed by atoms with Crippen LogP contribution in [0.15, 0.2) is 52.3 Å². The minimum absolute atomic E-state index is 0.0559. The van der Waals surface area contributed by atoms with Crippen LogP contribution in [0, 0.1) is 0 Å². The summed E-state index contributed by atoms with van der Waals surface area (Å²) < 4.78 is 0.666. The number of phenols is 1. The smallest absolute Gasteiger partial charge is 0.240 e. The summed E-state index contributed by atoms with van der Waals surface area (Å²) in [7, 11) is 0.